The lowest BCUT2D eigenvalue weighted by molar-refractivity contribution is 0.370. The van der Waals surface area contributed by atoms with E-state index in [4.69, 9.17) is 0 Å². The smallest absolute Gasteiger partial charge is 0.0413 e. The topological polar surface area (TPSA) is 24.9 Å². The zero-order valence-corrected chi connectivity index (χ0v) is 13.5. The van der Waals surface area contributed by atoms with Gasteiger partial charge in [0.25, 0.3) is 0 Å². The molecule has 0 spiro atoms. The molecule has 0 bridgehead atoms. The lowest BCUT2D eigenvalue weighted by Gasteiger charge is -2.20. The summed E-state index contributed by atoms with van der Waals surface area (Å²) in [5, 5.41) is 3.55. The van der Waals surface area contributed by atoms with Crippen LogP contribution in [-0.2, 0) is 6.42 Å². The lowest BCUT2D eigenvalue weighted by atomic mass is 9.92. The molecule has 0 amide bonds. The number of pyridine rings is 1. The molecule has 0 aromatic carbocycles. The van der Waals surface area contributed by atoms with Gasteiger partial charge in [0.2, 0.25) is 0 Å². The van der Waals surface area contributed by atoms with Gasteiger partial charge in [-0.15, -0.1) is 0 Å². The standard InChI is InChI=1S/C15H25BrN2/c1-11(2)7-13(9-17-12(3)4)8-15-6-5-14(16)10-18-15/h5-6,10-13,17H,7-9H2,1-4H3. The molecule has 0 aliphatic heterocycles. The predicted octanol–water partition coefficient (Wildman–Crippen LogP) is 4.05. The van der Waals surface area contributed by atoms with Crippen LogP contribution in [0.15, 0.2) is 22.8 Å². The van der Waals surface area contributed by atoms with Crippen LogP contribution in [0.5, 0.6) is 0 Å². The Bertz CT molecular complexity index is 333. The summed E-state index contributed by atoms with van der Waals surface area (Å²) in [5.41, 5.74) is 1.19. The summed E-state index contributed by atoms with van der Waals surface area (Å²) in [6.07, 6.45) is 4.19. The molecule has 2 nitrogen and oxygen atoms in total. The van der Waals surface area contributed by atoms with E-state index >= 15 is 0 Å². The van der Waals surface area contributed by atoms with E-state index in [1.165, 1.54) is 12.1 Å². The Morgan fingerprint density at radius 2 is 1.94 bits per heavy atom. The number of nitrogens with one attached hydrogen (secondary N) is 1. The lowest BCUT2D eigenvalue weighted by Crippen LogP contribution is -2.30. The largest absolute Gasteiger partial charge is 0.314 e. The van der Waals surface area contributed by atoms with E-state index < -0.39 is 0 Å². The number of rotatable bonds is 7. The Labute approximate surface area is 120 Å². The van der Waals surface area contributed by atoms with Crippen LogP contribution in [0.3, 0.4) is 0 Å². The average Bonchev–Trinajstić information content (AvgIpc) is 2.28. The van der Waals surface area contributed by atoms with Crippen molar-refractivity contribution in [1.29, 1.82) is 0 Å². The van der Waals surface area contributed by atoms with Crippen LogP contribution in [0.2, 0.25) is 0 Å². The molecule has 1 heterocycles. The Morgan fingerprint density at radius 1 is 1.22 bits per heavy atom. The predicted molar refractivity (Wildman–Crippen MR) is 81.7 cm³/mol. The van der Waals surface area contributed by atoms with Crippen molar-refractivity contribution in [3.05, 3.63) is 28.5 Å². The number of hydrogen-bond acceptors (Lipinski definition) is 2. The summed E-state index contributed by atoms with van der Waals surface area (Å²) in [6.45, 7) is 10.1. The third-order valence-corrected chi connectivity index (χ3v) is 3.38. The van der Waals surface area contributed by atoms with E-state index in [0.29, 0.717) is 12.0 Å². The van der Waals surface area contributed by atoms with Crippen molar-refractivity contribution in [2.24, 2.45) is 11.8 Å². The molecular formula is C15H25BrN2. The molecule has 1 aromatic rings. The number of halogens is 1. The Balaban J connectivity index is 2.56. The molecule has 0 aliphatic carbocycles. The molecule has 0 fully saturated rings. The number of nitrogens with zero attached hydrogens (tertiary/aromatic N) is 1. The van der Waals surface area contributed by atoms with E-state index in [9.17, 15) is 0 Å². The van der Waals surface area contributed by atoms with Gasteiger partial charge in [0.05, 0.1) is 0 Å². The van der Waals surface area contributed by atoms with E-state index in [2.05, 4.69) is 66.1 Å². The first kappa shape index (κ1) is 15.6. The maximum atomic E-state index is 4.48. The quantitative estimate of drug-likeness (QED) is 0.821. The van der Waals surface area contributed by atoms with Gasteiger partial charge in [-0.05, 0) is 59.3 Å². The van der Waals surface area contributed by atoms with Gasteiger partial charge in [-0.2, -0.15) is 0 Å². The second-order valence-corrected chi connectivity index (χ2v) is 6.65. The fraction of sp³-hybridized carbons (Fsp3) is 0.667. The second kappa shape index (κ2) is 7.90. The highest BCUT2D eigenvalue weighted by molar-refractivity contribution is 9.10. The third-order valence-electron chi connectivity index (χ3n) is 2.91. The molecule has 1 unspecified atom stereocenters. The Hall–Kier alpha value is -0.410. The van der Waals surface area contributed by atoms with E-state index in [-0.39, 0.29) is 0 Å². The van der Waals surface area contributed by atoms with Gasteiger partial charge in [-0.25, -0.2) is 0 Å². The van der Waals surface area contributed by atoms with Gasteiger partial charge in [-0.3, -0.25) is 4.98 Å². The van der Waals surface area contributed by atoms with Crippen LogP contribution in [0.1, 0.15) is 39.8 Å². The van der Waals surface area contributed by atoms with Crippen molar-refractivity contribution in [3.63, 3.8) is 0 Å². The SMILES string of the molecule is CC(C)CC(CNC(C)C)Cc1ccc(Br)cn1. The van der Waals surface area contributed by atoms with Gasteiger partial charge < -0.3 is 5.32 Å². The van der Waals surface area contributed by atoms with E-state index in [0.717, 1.165) is 23.4 Å². The van der Waals surface area contributed by atoms with Crippen LogP contribution >= 0.6 is 15.9 Å². The van der Waals surface area contributed by atoms with E-state index in [1.54, 1.807) is 0 Å². The monoisotopic (exact) mass is 312 g/mol. The Morgan fingerprint density at radius 3 is 2.44 bits per heavy atom. The Kier molecular flexibility index (Phi) is 6.87. The van der Waals surface area contributed by atoms with Crippen LogP contribution in [0, 0.1) is 11.8 Å². The third kappa shape index (κ3) is 6.50. The van der Waals surface area contributed by atoms with Crippen molar-refractivity contribution in [1.82, 2.24) is 10.3 Å². The molecule has 0 saturated carbocycles. The van der Waals surface area contributed by atoms with Gasteiger partial charge in [0.15, 0.2) is 0 Å². The molecule has 0 radical (unpaired) electrons. The molecule has 18 heavy (non-hydrogen) atoms. The molecular weight excluding hydrogens is 288 g/mol. The highest BCUT2D eigenvalue weighted by Gasteiger charge is 2.13. The summed E-state index contributed by atoms with van der Waals surface area (Å²) in [4.78, 5) is 4.48. The van der Waals surface area contributed by atoms with Crippen LogP contribution < -0.4 is 5.32 Å². The zero-order valence-electron chi connectivity index (χ0n) is 11.9. The van der Waals surface area contributed by atoms with Crippen LogP contribution in [0.25, 0.3) is 0 Å². The van der Waals surface area contributed by atoms with Crippen LogP contribution in [-0.4, -0.2) is 17.6 Å². The highest BCUT2D eigenvalue weighted by atomic mass is 79.9. The molecule has 0 aliphatic rings. The second-order valence-electron chi connectivity index (χ2n) is 5.73. The zero-order chi connectivity index (χ0) is 13.5. The van der Waals surface area contributed by atoms with Gasteiger partial charge in [0, 0.05) is 22.4 Å². The van der Waals surface area contributed by atoms with Crippen molar-refractivity contribution >= 4 is 15.9 Å². The molecule has 1 rings (SSSR count). The van der Waals surface area contributed by atoms with Crippen molar-refractivity contribution in [2.45, 2.75) is 46.6 Å². The molecule has 0 saturated heterocycles. The molecule has 1 N–H and O–H groups in total. The average molecular weight is 313 g/mol. The first-order valence-electron chi connectivity index (χ1n) is 6.81. The summed E-state index contributed by atoms with van der Waals surface area (Å²) >= 11 is 3.43. The van der Waals surface area contributed by atoms with Crippen molar-refractivity contribution in [2.75, 3.05) is 6.54 Å². The fourth-order valence-electron chi connectivity index (χ4n) is 2.13. The minimum Gasteiger partial charge on any atom is -0.314 e. The van der Waals surface area contributed by atoms with Gasteiger partial charge in [0.1, 0.15) is 0 Å². The summed E-state index contributed by atoms with van der Waals surface area (Å²) < 4.78 is 1.05. The van der Waals surface area contributed by atoms with Gasteiger partial charge >= 0.3 is 0 Å². The normalized spacial score (nSPS) is 13.3. The first-order chi connectivity index (χ1) is 8.47. The summed E-state index contributed by atoms with van der Waals surface area (Å²) in [6, 6.07) is 4.75. The van der Waals surface area contributed by atoms with Crippen molar-refractivity contribution in [3.8, 4) is 0 Å². The molecule has 102 valence electrons. The first-order valence-corrected chi connectivity index (χ1v) is 7.60. The fourth-order valence-corrected chi connectivity index (χ4v) is 2.37. The minimum absolute atomic E-state index is 0.553. The molecule has 1 atom stereocenters. The van der Waals surface area contributed by atoms with Crippen molar-refractivity contribution < 1.29 is 0 Å². The molecule has 1 aromatic heterocycles. The minimum atomic E-state index is 0.553. The maximum absolute atomic E-state index is 4.48. The van der Waals surface area contributed by atoms with Gasteiger partial charge in [-0.1, -0.05) is 27.7 Å². The number of hydrogen-bond donors (Lipinski definition) is 1. The highest BCUT2D eigenvalue weighted by Crippen LogP contribution is 2.17. The summed E-state index contributed by atoms with van der Waals surface area (Å²) in [7, 11) is 0. The van der Waals surface area contributed by atoms with E-state index in [1.807, 2.05) is 6.20 Å². The molecule has 3 heteroatoms. The number of aromatic nitrogens is 1. The maximum Gasteiger partial charge on any atom is 0.0413 e. The van der Waals surface area contributed by atoms with Crippen LogP contribution in [0.4, 0.5) is 0 Å². The summed E-state index contributed by atoms with van der Waals surface area (Å²) in [5.74, 6) is 1.40.